The maximum atomic E-state index is 13.5. The molecule has 2 aromatic rings. The van der Waals surface area contributed by atoms with E-state index in [4.69, 9.17) is 17.0 Å². The summed E-state index contributed by atoms with van der Waals surface area (Å²) in [6.07, 6.45) is 0.640. The highest BCUT2D eigenvalue weighted by Gasteiger charge is 2.42. The van der Waals surface area contributed by atoms with Gasteiger partial charge in [-0.25, -0.2) is 0 Å². The number of carbonyl (C=O) groups excluding carboxylic acids is 3. The van der Waals surface area contributed by atoms with Crippen LogP contribution in [-0.4, -0.2) is 53.7 Å². The Bertz CT molecular complexity index is 1220. The van der Waals surface area contributed by atoms with Crippen LogP contribution in [0, 0.1) is 13.8 Å². The van der Waals surface area contributed by atoms with Crippen LogP contribution in [0.25, 0.3) is 5.57 Å². The minimum Gasteiger partial charge on any atom is -0.385 e. The minimum absolute atomic E-state index is 0.166. The predicted octanol–water partition coefficient (Wildman–Crippen LogP) is 3.90. The number of fused-ring (bicyclic) bond motifs is 1. The van der Waals surface area contributed by atoms with Crippen LogP contribution in [0.3, 0.4) is 0 Å². The summed E-state index contributed by atoms with van der Waals surface area (Å²) >= 11 is 6.55. The van der Waals surface area contributed by atoms with Crippen LogP contribution in [0.2, 0.25) is 0 Å². The number of methoxy groups -OCH3 is 1. The second-order valence-corrected chi connectivity index (χ2v) is 9.79. The van der Waals surface area contributed by atoms with Gasteiger partial charge in [0.2, 0.25) is 5.91 Å². The van der Waals surface area contributed by atoms with Gasteiger partial charge < -0.3 is 10.1 Å². The molecule has 0 atom stereocenters. The SMILES string of the molecule is COCCCN1C(=O)C(=C2C(=O)N(CC(=O)Nc3cc(C)ccc3C)c3ccccc32)SC1=S. The number of para-hydroxylation sites is 1. The van der Waals surface area contributed by atoms with Crippen LogP contribution >= 0.6 is 24.0 Å². The number of carbonyl (C=O) groups is 3. The Kier molecular flexibility index (Phi) is 7.16. The highest BCUT2D eigenvalue weighted by Crippen LogP contribution is 2.44. The van der Waals surface area contributed by atoms with Gasteiger partial charge in [0.05, 0.1) is 16.2 Å². The van der Waals surface area contributed by atoms with Crippen LogP contribution in [0.1, 0.15) is 23.1 Å². The first kappa shape index (κ1) is 24.1. The number of amides is 3. The number of anilines is 2. The van der Waals surface area contributed by atoms with Crippen molar-refractivity contribution in [3.63, 3.8) is 0 Å². The van der Waals surface area contributed by atoms with E-state index in [1.807, 2.05) is 38.1 Å². The first-order valence-corrected chi connectivity index (χ1v) is 12.1. The van der Waals surface area contributed by atoms with E-state index in [9.17, 15) is 14.4 Å². The first-order valence-electron chi connectivity index (χ1n) is 10.9. The van der Waals surface area contributed by atoms with Crippen molar-refractivity contribution in [2.75, 3.05) is 37.0 Å². The number of nitrogens with one attached hydrogen (secondary N) is 1. The summed E-state index contributed by atoms with van der Waals surface area (Å²) in [6, 6.07) is 13.0. The fourth-order valence-corrected chi connectivity index (χ4v) is 5.35. The van der Waals surface area contributed by atoms with Crippen molar-refractivity contribution >= 4 is 63.0 Å². The summed E-state index contributed by atoms with van der Waals surface area (Å²) in [5.74, 6) is -0.981. The number of benzene rings is 2. The van der Waals surface area contributed by atoms with Gasteiger partial charge in [0.15, 0.2) is 0 Å². The summed E-state index contributed by atoms with van der Waals surface area (Å²) in [7, 11) is 1.60. The molecule has 0 unspecified atom stereocenters. The number of thiocarbonyl (C=S) groups is 1. The lowest BCUT2D eigenvalue weighted by Crippen LogP contribution is -2.36. The van der Waals surface area contributed by atoms with Gasteiger partial charge in [0.25, 0.3) is 11.8 Å². The molecule has 0 radical (unpaired) electrons. The molecule has 176 valence electrons. The molecule has 0 aromatic heterocycles. The Morgan fingerprint density at radius 2 is 1.85 bits per heavy atom. The highest BCUT2D eigenvalue weighted by atomic mass is 32.2. The topological polar surface area (TPSA) is 79.0 Å². The average molecular weight is 496 g/mol. The second kappa shape index (κ2) is 10.1. The molecule has 1 fully saturated rings. The molecule has 0 bridgehead atoms. The van der Waals surface area contributed by atoms with E-state index in [2.05, 4.69) is 5.32 Å². The third-order valence-electron chi connectivity index (χ3n) is 5.70. The molecule has 2 aromatic carbocycles. The number of nitrogens with zero attached hydrogens (tertiary/aromatic N) is 2. The van der Waals surface area contributed by atoms with Gasteiger partial charge in [-0.05, 0) is 43.5 Å². The molecule has 1 saturated heterocycles. The van der Waals surface area contributed by atoms with Crippen molar-refractivity contribution < 1.29 is 19.1 Å². The minimum atomic E-state index is -0.380. The van der Waals surface area contributed by atoms with Crippen LogP contribution in [0.15, 0.2) is 47.4 Å². The maximum Gasteiger partial charge on any atom is 0.267 e. The van der Waals surface area contributed by atoms with Crippen molar-refractivity contribution in [2.45, 2.75) is 20.3 Å². The fourth-order valence-electron chi connectivity index (χ4n) is 3.97. The lowest BCUT2D eigenvalue weighted by molar-refractivity contribution is -0.122. The number of hydrogen-bond donors (Lipinski definition) is 1. The molecule has 4 rings (SSSR count). The van der Waals surface area contributed by atoms with Gasteiger partial charge in [-0.3, -0.25) is 24.2 Å². The highest BCUT2D eigenvalue weighted by molar-refractivity contribution is 8.26. The van der Waals surface area contributed by atoms with Crippen LogP contribution < -0.4 is 10.2 Å². The maximum absolute atomic E-state index is 13.5. The summed E-state index contributed by atoms with van der Waals surface area (Å²) < 4.78 is 5.49. The number of ether oxygens (including phenoxy) is 1. The zero-order valence-corrected chi connectivity index (χ0v) is 20.8. The van der Waals surface area contributed by atoms with Gasteiger partial charge in [0.1, 0.15) is 10.9 Å². The molecule has 3 amide bonds. The molecule has 1 N–H and O–H groups in total. The molecule has 0 aliphatic carbocycles. The van der Waals surface area contributed by atoms with E-state index in [0.717, 1.165) is 22.9 Å². The molecule has 7 nitrogen and oxygen atoms in total. The van der Waals surface area contributed by atoms with Crippen molar-refractivity contribution in [3.8, 4) is 0 Å². The second-order valence-electron chi connectivity index (χ2n) is 8.15. The van der Waals surface area contributed by atoms with E-state index in [-0.39, 0.29) is 24.3 Å². The monoisotopic (exact) mass is 495 g/mol. The summed E-state index contributed by atoms with van der Waals surface area (Å²) in [6.45, 7) is 4.63. The Hall–Kier alpha value is -3.01. The van der Waals surface area contributed by atoms with Crippen molar-refractivity contribution in [1.29, 1.82) is 0 Å². The quantitative estimate of drug-likeness (QED) is 0.357. The van der Waals surface area contributed by atoms with Crippen LogP contribution in [-0.2, 0) is 19.1 Å². The van der Waals surface area contributed by atoms with Gasteiger partial charge in [-0.1, -0.05) is 54.3 Å². The molecular weight excluding hydrogens is 470 g/mol. The van der Waals surface area contributed by atoms with Gasteiger partial charge in [-0.15, -0.1) is 0 Å². The van der Waals surface area contributed by atoms with Crippen molar-refractivity contribution in [2.24, 2.45) is 0 Å². The van der Waals surface area contributed by atoms with Crippen LogP contribution in [0.5, 0.6) is 0 Å². The Balaban J connectivity index is 1.61. The molecule has 0 spiro atoms. The molecule has 34 heavy (non-hydrogen) atoms. The van der Waals surface area contributed by atoms with E-state index in [1.165, 1.54) is 9.80 Å². The third kappa shape index (κ3) is 4.64. The first-order chi connectivity index (χ1) is 16.3. The Labute approximate surface area is 208 Å². The fraction of sp³-hybridized carbons (Fsp3) is 0.280. The van der Waals surface area contributed by atoms with Gasteiger partial charge >= 0.3 is 0 Å². The third-order valence-corrected chi connectivity index (χ3v) is 7.15. The Morgan fingerprint density at radius 1 is 1.09 bits per heavy atom. The summed E-state index contributed by atoms with van der Waals surface area (Å²) in [4.78, 5) is 42.8. The molecule has 2 aliphatic heterocycles. The summed E-state index contributed by atoms with van der Waals surface area (Å²) in [5.41, 5.74) is 4.19. The smallest absolute Gasteiger partial charge is 0.267 e. The molecule has 0 saturated carbocycles. The lowest BCUT2D eigenvalue weighted by atomic mass is 10.1. The summed E-state index contributed by atoms with van der Waals surface area (Å²) in [5, 5.41) is 2.90. The molecule has 9 heteroatoms. The van der Waals surface area contributed by atoms with Crippen LogP contribution in [0.4, 0.5) is 11.4 Å². The molecule has 2 heterocycles. The van der Waals surface area contributed by atoms with Gasteiger partial charge in [0, 0.05) is 31.5 Å². The Morgan fingerprint density at radius 3 is 2.62 bits per heavy atom. The predicted molar refractivity (Wildman–Crippen MR) is 139 cm³/mol. The number of rotatable bonds is 7. The van der Waals surface area contributed by atoms with Crippen molar-refractivity contribution in [3.05, 3.63) is 64.1 Å². The van der Waals surface area contributed by atoms with Crippen molar-refractivity contribution in [1.82, 2.24) is 4.90 Å². The van der Waals surface area contributed by atoms with E-state index in [1.54, 1.807) is 25.3 Å². The zero-order valence-electron chi connectivity index (χ0n) is 19.2. The van der Waals surface area contributed by atoms with E-state index < -0.39 is 0 Å². The molecule has 2 aliphatic rings. The number of thioether (sulfide) groups is 1. The van der Waals surface area contributed by atoms with E-state index in [0.29, 0.717) is 51.3 Å². The number of aryl methyl sites for hydroxylation is 2. The molecular formula is C25H25N3O4S2. The average Bonchev–Trinajstić information content (AvgIpc) is 3.23. The standard InChI is InChI=1S/C25H25N3O4S2/c1-15-9-10-16(2)18(13-15)26-20(29)14-28-19-8-5-4-7-17(19)21(23(28)30)22-24(31)27(25(33)34-22)11-6-12-32-3/h4-5,7-10,13H,6,11-12,14H2,1-3H3,(H,26,29). The normalized spacial score (nSPS) is 17.6. The van der Waals surface area contributed by atoms with E-state index >= 15 is 0 Å². The lowest BCUT2D eigenvalue weighted by Gasteiger charge is -2.17. The zero-order chi connectivity index (χ0) is 24.4. The van der Waals surface area contributed by atoms with Gasteiger partial charge in [-0.2, -0.15) is 0 Å². The number of hydrogen-bond acceptors (Lipinski definition) is 6. The largest absolute Gasteiger partial charge is 0.385 e.